The zero-order chi connectivity index (χ0) is 17.9. The molecule has 0 saturated heterocycles. The van der Waals surface area contributed by atoms with E-state index in [0.717, 1.165) is 17.7 Å². The summed E-state index contributed by atoms with van der Waals surface area (Å²) >= 11 is 0. The molecule has 1 N–H and O–H groups in total. The van der Waals surface area contributed by atoms with Gasteiger partial charge in [-0.2, -0.15) is 0 Å². The summed E-state index contributed by atoms with van der Waals surface area (Å²) in [5, 5.41) is 2.84. The molecule has 0 aliphatic heterocycles. The van der Waals surface area contributed by atoms with Gasteiger partial charge < -0.3 is 14.8 Å². The Morgan fingerprint density at radius 1 is 1.04 bits per heavy atom. The molecule has 130 valence electrons. The van der Waals surface area contributed by atoms with E-state index < -0.39 is 18.0 Å². The van der Waals surface area contributed by atoms with Crippen LogP contribution in [-0.2, 0) is 23.9 Å². The van der Waals surface area contributed by atoms with Gasteiger partial charge in [0.15, 0.2) is 0 Å². The topological polar surface area (TPSA) is 81.7 Å². The van der Waals surface area contributed by atoms with Crippen molar-refractivity contribution in [3.8, 4) is 0 Å². The molecule has 0 aliphatic carbocycles. The van der Waals surface area contributed by atoms with Gasteiger partial charge in [-0.15, -0.1) is 0 Å². The van der Waals surface area contributed by atoms with Crippen molar-refractivity contribution in [2.45, 2.75) is 26.8 Å². The predicted octanol–water partition coefficient (Wildman–Crippen LogP) is 2.16. The van der Waals surface area contributed by atoms with E-state index in [9.17, 15) is 14.4 Å². The van der Waals surface area contributed by atoms with Crippen LogP contribution in [0.1, 0.15) is 32.4 Å². The van der Waals surface area contributed by atoms with Crippen molar-refractivity contribution in [3.05, 3.63) is 48.0 Å². The maximum Gasteiger partial charge on any atom is 0.331 e. The Hall–Kier alpha value is -2.63. The first-order valence-corrected chi connectivity index (χ1v) is 7.81. The van der Waals surface area contributed by atoms with Crippen LogP contribution in [-0.4, -0.2) is 31.1 Å². The lowest BCUT2D eigenvalue weighted by Crippen LogP contribution is -2.34. The van der Waals surface area contributed by atoms with E-state index in [1.807, 2.05) is 30.3 Å². The highest BCUT2D eigenvalue weighted by atomic mass is 16.5. The molecule has 1 aromatic carbocycles. The van der Waals surface area contributed by atoms with Crippen LogP contribution in [0.15, 0.2) is 42.5 Å². The molecule has 1 amide bonds. The summed E-state index contributed by atoms with van der Waals surface area (Å²) in [6.07, 6.45) is 2.01. The Morgan fingerprint density at radius 2 is 1.62 bits per heavy atom. The molecule has 0 saturated carbocycles. The number of nitrogens with one attached hydrogen (secondary N) is 1. The van der Waals surface area contributed by atoms with Gasteiger partial charge >= 0.3 is 11.9 Å². The quantitative estimate of drug-likeness (QED) is 0.582. The number of ether oxygens (including phenoxy) is 2. The lowest BCUT2D eigenvalue weighted by molar-refractivity contribution is -0.141. The van der Waals surface area contributed by atoms with E-state index >= 15 is 0 Å². The first-order chi connectivity index (χ1) is 11.4. The molecule has 0 aromatic heterocycles. The minimum atomic E-state index is -0.678. The first-order valence-electron chi connectivity index (χ1n) is 7.81. The normalized spacial score (nSPS) is 12.0. The number of benzene rings is 1. The summed E-state index contributed by atoms with van der Waals surface area (Å²) in [5.41, 5.74) is 0.827. The summed E-state index contributed by atoms with van der Waals surface area (Å²) in [4.78, 5) is 34.8. The standard InChI is InChI=1S/C18H23NO5/c1-4-23-16(20)10-11-17(21)24-12-15(19-18(22)13(2)3)14-8-6-5-7-9-14/h5-11,13,15H,4,12H2,1-3H3,(H,19,22)/b11-10+/t15-/m0/s1. The Bertz CT molecular complexity index is 580. The summed E-state index contributed by atoms with van der Waals surface area (Å²) in [5.74, 6) is -1.61. The maximum atomic E-state index is 11.9. The van der Waals surface area contributed by atoms with Crippen molar-refractivity contribution in [2.24, 2.45) is 5.92 Å². The minimum Gasteiger partial charge on any atom is -0.463 e. The van der Waals surface area contributed by atoms with Crippen molar-refractivity contribution >= 4 is 17.8 Å². The van der Waals surface area contributed by atoms with Crippen LogP contribution >= 0.6 is 0 Å². The molecule has 0 bridgehead atoms. The van der Waals surface area contributed by atoms with Crippen LogP contribution in [0, 0.1) is 5.92 Å². The van der Waals surface area contributed by atoms with Crippen LogP contribution in [0.2, 0.25) is 0 Å². The molecule has 1 aromatic rings. The molecule has 0 unspecified atom stereocenters. The largest absolute Gasteiger partial charge is 0.463 e. The van der Waals surface area contributed by atoms with Gasteiger partial charge in [0.25, 0.3) is 0 Å². The summed E-state index contributed by atoms with van der Waals surface area (Å²) in [6, 6.07) is 8.76. The summed E-state index contributed by atoms with van der Waals surface area (Å²) in [7, 11) is 0. The van der Waals surface area contributed by atoms with E-state index in [1.165, 1.54) is 0 Å². The molecule has 6 nitrogen and oxygen atoms in total. The van der Waals surface area contributed by atoms with Gasteiger partial charge in [0.2, 0.25) is 5.91 Å². The molecule has 1 atom stereocenters. The summed E-state index contributed by atoms with van der Waals surface area (Å²) < 4.78 is 9.80. The number of carbonyl (C=O) groups is 3. The van der Waals surface area contributed by atoms with E-state index in [0.29, 0.717) is 0 Å². The van der Waals surface area contributed by atoms with Crippen LogP contribution < -0.4 is 5.32 Å². The van der Waals surface area contributed by atoms with Gasteiger partial charge in [0.1, 0.15) is 6.61 Å². The highest BCUT2D eigenvalue weighted by Crippen LogP contribution is 2.14. The van der Waals surface area contributed by atoms with E-state index in [2.05, 4.69) is 10.1 Å². The Morgan fingerprint density at radius 3 is 2.17 bits per heavy atom. The second kappa shape index (κ2) is 10.2. The third-order valence-electron chi connectivity index (χ3n) is 3.08. The SMILES string of the molecule is CCOC(=O)/C=C/C(=O)OC[C@H](NC(=O)C(C)C)c1ccccc1. The van der Waals surface area contributed by atoms with E-state index in [1.54, 1.807) is 20.8 Å². The van der Waals surface area contributed by atoms with E-state index in [4.69, 9.17) is 4.74 Å². The summed E-state index contributed by atoms with van der Waals surface area (Å²) in [6.45, 7) is 5.44. The second-order valence-corrected chi connectivity index (χ2v) is 5.34. The fourth-order valence-corrected chi connectivity index (χ4v) is 1.78. The Labute approximate surface area is 141 Å². The fraction of sp³-hybridized carbons (Fsp3) is 0.389. The minimum absolute atomic E-state index is 0.0333. The number of hydrogen-bond donors (Lipinski definition) is 1. The zero-order valence-corrected chi connectivity index (χ0v) is 14.2. The van der Waals surface area contributed by atoms with Crippen molar-refractivity contribution in [1.82, 2.24) is 5.32 Å². The zero-order valence-electron chi connectivity index (χ0n) is 14.2. The maximum absolute atomic E-state index is 11.9. The van der Waals surface area contributed by atoms with Crippen LogP contribution in [0.25, 0.3) is 0 Å². The monoisotopic (exact) mass is 333 g/mol. The molecule has 0 aliphatic rings. The Kier molecular flexibility index (Phi) is 8.25. The number of amides is 1. The van der Waals surface area contributed by atoms with Crippen molar-refractivity contribution in [1.29, 1.82) is 0 Å². The number of carbonyl (C=O) groups excluding carboxylic acids is 3. The molecule has 0 heterocycles. The van der Waals surface area contributed by atoms with Gasteiger partial charge in [-0.25, -0.2) is 9.59 Å². The lowest BCUT2D eigenvalue weighted by atomic mass is 10.1. The molecular weight excluding hydrogens is 310 g/mol. The third-order valence-corrected chi connectivity index (χ3v) is 3.08. The van der Waals surface area contributed by atoms with Crippen LogP contribution in [0.5, 0.6) is 0 Å². The molecule has 0 fully saturated rings. The smallest absolute Gasteiger partial charge is 0.331 e. The van der Waals surface area contributed by atoms with Gasteiger partial charge in [0.05, 0.1) is 12.6 Å². The number of rotatable bonds is 8. The number of esters is 2. The number of hydrogen-bond acceptors (Lipinski definition) is 5. The molecule has 24 heavy (non-hydrogen) atoms. The second-order valence-electron chi connectivity index (χ2n) is 5.34. The van der Waals surface area contributed by atoms with Crippen molar-refractivity contribution < 1.29 is 23.9 Å². The molecule has 0 radical (unpaired) electrons. The molecular formula is C18H23NO5. The van der Waals surface area contributed by atoms with Gasteiger partial charge in [-0.05, 0) is 12.5 Å². The highest BCUT2D eigenvalue weighted by Gasteiger charge is 2.18. The highest BCUT2D eigenvalue weighted by molar-refractivity contribution is 5.91. The average molecular weight is 333 g/mol. The van der Waals surface area contributed by atoms with Gasteiger partial charge in [-0.1, -0.05) is 44.2 Å². The Balaban J connectivity index is 2.67. The van der Waals surface area contributed by atoms with Crippen molar-refractivity contribution in [2.75, 3.05) is 13.2 Å². The van der Waals surface area contributed by atoms with Gasteiger partial charge in [0, 0.05) is 18.1 Å². The molecule has 0 spiro atoms. The fourth-order valence-electron chi connectivity index (χ4n) is 1.78. The predicted molar refractivity (Wildman–Crippen MR) is 88.9 cm³/mol. The van der Waals surface area contributed by atoms with Gasteiger partial charge in [-0.3, -0.25) is 4.79 Å². The third kappa shape index (κ3) is 7.09. The van der Waals surface area contributed by atoms with Crippen molar-refractivity contribution in [3.63, 3.8) is 0 Å². The molecule has 1 rings (SSSR count). The lowest BCUT2D eigenvalue weighted by Gasteiger charge is -2.20. The first kappa shape index (κ1) is 19.4. The average Bonchev–Trinajstić information content (AvgIpc) is 2.57. The van der Waals surface area contributed by atoms with Crippen LogP contribution in [0.4, 0.5) is 0 Å². The molecule has 6 heteroatoms. The van der Waals surface area contributed by atoms with E-state index in [-0.39, 0.29) is 25.0 Å². The van der Waals surface area contributed by atoms with Crippen LogP contribution in [0.3, 0.4) is 0 Å².